The molecule has 47 heavy (non-hydrogen) atoms. The standard InChI is InChI=1S/C35H41FN8O3/c1-22-17-38-32(47-22)29-14-26-19-42(10-4-12-44(26)41-29)31-27-20-46-35(9-2-5-23-6-7-25(37)13-28(23)35)16-30(27)39-33(40-31)45-21-34-8-3-11-43(34)18-24(36)15-34/h6-7,13-14,17,24H,2-5,8-12,15-16,18-21,37H2,1H3/t24-,34?,35+/m1/s1. The van der Waals surface area contributed by atoms with Gasteiger partial charge in [0.05, 0.1) is 41.9 Å². The molecule has 3 aromatic heterocycles. The summed E-state index contributed by atoms with van der Waals surface area (Å²) in [5.41, 5.74) is 12.5. The minimum absolute atomic E-state index is 0.285. The third kappa shape index (κ3) is 4.99. The van der Waals surface area contributed by atoms with Crippen molar-refractivity contribution in [1.29, 1.82) is 0 Å². The van der Waals surface area contributed by atoms with Crippen LogP contribution >= 0.6 is 0 Å². The van der Waals surface area contributed by atoms with E-state index in [9.17, 15) is 4.39 Å². The Hall–Kier alpha value is -4.03. The first kappa shape index (κ1) is 29.1. The number of benzene rings is 1. The number of halogens is 1. The largest absolute Gasteiger partial charge is 0.461 e. The molecule has 246 valence electrons. The summed E-state index contributed by atoms with van der Waals surface area (Å²) in [7, 11) is 0. The molecule has 3 atom stereocenters. The van der Waals surface area contributed by atoms with E-state index in [4.69, 9.17) is 34.7 Å². The van der Waals surface area contributed by atoms with Crippen LogP contribution in [0, 0.1) is 6.92 Å². The number of nitrogens with two attached hydrogens (primary N) is 1. The monoisotopic (exact) mass is 640 g/mol. The summed E-state index contributed by atoms with van der Waals surface area (Å²) < 4.78 is 35.8. The van der Waals surface area contributed by atoms with Crippen molar-refractivity contribution in [3.05, 3.63) is 64.3 Å². The number of aromatic nitrogens is 5. The lowest BCUT2D eigenvalue weighted by atomic mass is 9.74. The van der Waals surface area contributed by atoms with E-state index in [0.29, 0.717) is 51.0 Å². The van der Waals surface area contributed by atoms with Crippen LogP contribution in [0.2, 0.25) is 0 Å². The van der Waals surface area contributed by atoms with Crippen LogP contribution in [-0.4, -0.2) is 67.6 Å². The normalized spacial score (nSPS) is 26.9. The van der Waals surface area contributed by atoms with E-state index in [-0.39, 0.29) is 5.54 Å². The molecule has 0 radical (unpaired) electrons. The van der Waals surface area contributed by atoms with Crippen molar-refractivity contribution >= 4 is 11.5 Å². The lowest BCUT2D eigenvalue weighted by Crippen LogP contribution is -2.44. The van der Waals surface area contributed by atoms with Crippen LogP contribution in [0.3, 0.4) is 0 Å². The molecule has 2 saturated heterocycles. The van der Waals surface area contributed by atoms with Gasteiger partial charge in [-0.25, -0.2) is 9.37 Å². The maximum Gasteiger partial charge on any atom is 0.318 e. The first-order valence-electron chi connectivity index (χ1n) is 17.1. The number of nitrogens with zero attached hydrogens (tertiary/aromatic N) is 7. The number of rotatable bonds is 5. The van der Waals surface area contributed by atoms with Crippen LogP contribution in [0.1, 0.15) is 72.4 Å². The summed E-state index contributed by atoms with van der Waals surface area (Å²) in [5, 5.41) is 4.83. The molecule has 9 rings (SSSR count). The van der Waals surface area contributed by atoms with Gasteiger partial charge in [0.15, 0.2) is 0 Å². The first-order valence-corrected chi connectivity index (χ1v) is 17.1. The molecular weight excluding hydrogens is 599 g/mol. The van der Waals surface area contributed by atoms with E-state index < -0.39 is 11.8 Å². The fourth-order valence-electron chi connectivity index (χ4n) is 8.78. The molecule has 5 aliphatic rings. The first-order chi connectivity index (χ1) is 22.9. The van der Waals surface area contributed by atoms with Crippen LogP contribution in [0.25, 0.3) is 11.6 Å². The second-order valence-corrected chi connectivity index (χ2v) is 14.1. The Kier molecular flexibility index (Phi) is 6.83. The van der Waals surface area contributed by atoms with Gasteiger partial charge in [0.25, 0.3) is 0 Å². The molecule has 1 aliphatic carbocycles. The quantitative estimate of drug-likeness (QED) is 0.302. The highest BCUT2D eigenvalue weighted by atomic mass is 19.1. The molecule has 7 heterocycles. The number of fused-ring (bicyclic) bond motifs is 5. The lowest BCUT2D eigenvalue weighted by molar-refractivity contribution is -0.0855. The van der Waals surface area contributed by atoms with Gasteiger partial charge < -0.3 is 24.5 Å². The van der Waals surface area contributed by atoms with Crippen molar-refractivity contribution in [2.24, 2.45) is 0 Å². The van der Waals surface area contributed by atoms with Crippen molar-refractivity contribution in [3.8, 4) is 17.6 Å². The second kappa shape index (κ2) is 11.0. The zero-order valence-corrected chi connectivity index (χ0v) is 26.9. The summed E-state index contributed by atoms with van der Waals surface area (Å²) >= 11 is 0. The van der Waals surface area contributed by atoms with Crippen molar-refractivity contribution in [2.45, 2.75) is 95.3 Å². The average Bonchev–Trinajstić information content (AvgIpc) is 3.81. The predicted molar refractivity (Wildman–Crippen MR) is 173 cm³/mol. The number of ether oxygens (including phenoxy) is 2. The van der Waals surface area contributed by atoms with Gasteiger partial charge in [-0.3, -0.25) is 9.58 Å². The van der Waals surface area contributed by atoms with Crippen molar-refractivity contribution in [2.75, 3.05) is 36.9 Å². The smallest absolute Gasteiger partial charge is 0.318 e. The Morgan fingerprint density at radius 1 is 1.11 bits per heavy atom. The highest BCUT2D eigenvalue weighted by Gasteiger charge is 2.50. The van der Waals surface area contributed by atoms with E-state index in [2.05, 4.69) is 37.7 Å². The van der Waals surface area contributed by atoms with Crippen molar-refractivity contribution in [1.82, 2.24) is 29.6 Å². The highest BCUT2D eigenvalue weighted by Crippen LogP contribution is 2.47. The number of oxazole rings is 1. The van der Waals surface area contributed by atoms with Gasteiger partial charge in [0, 0.05) is 43.7 Å². The number of alkyl halides is 1. The molecule has 2 N–H and O–H groups in total. The molecular formula is C35H41FN8O3. The molecule has 12 heteroatoms. The molecule has 1 unspecified atom stereocenters. The Morgan fingerprint density at radius 3 is 2.94 bits per heavy atom. The molecule has 0 saturated carbocycles. The summed E-state index contributed by atoms with van der Waals surface area (Å²) in [5.74, 6) is 2.12. The second-order valence-electron chi connectivity index (χ2n) is 14.1. The molecule has 4 aliphatic heterocycles. The summed E-state index contributed by atoms with van der Waals surface area (Å²) in [6, 6.07) is 8.63. The maximum atomic E-state index is 14.6. The Bertz CT molecular complexity index is 1840. The van der Waals surface area contributed by atoms with Crippen LogP contribution in [0.5, 0.6) is 6.01 Å². The van der Waals surface area contributed by atoms with E-state index in [1.165, 1.54) is 11.1 Å². The molecule has 2 fully saturated rings. The van der Waals surface area contributed by atoms with Gasteiger partial charge in [0.1, 0.15) is 30.1 Å². The minimum Gasteiger partial charge on any atom is -0.461 e. The van der Waals surface area contributed by atoms with E-state index in [1.54, 1.807) is 6.20 Å². The average molecular weight is 641 g/mol. The fraction of sp³-hybridized carbons (Fsp3) is 0.543. The summed E-state index contributed by atoms with van der Waals surface area (Å²) in [6.45, 7) is 6.26. The third-order valence-corrected chi connectivity index (χ3v) is 11.0. The van der Waals surface area contributed by atoms with Gasteiger partial charge in [0.2, 0.25) is 5.89 Å². The fourth-order valence-corrected chi connectivity index (χ4v) is 8.78. The Labute approximate surface area is 273 Å². The van der Waals surface area contributed by atoms with Gasteiger partial charge in [-0.05, 0) is 81.3 Å². The topological polar surface area (TPSA) is 121 Å². The molecule has 1 aromatic carbocycles. The number of hydrogen-bond donors (Lipinski definition) is 1. The molecule has 0 amide bonds. The van der Waals surface area contributed by atoms with Gasteiger partial charge in [-0.2, -0.15) is 15.1 Å². The van der Waals surface area contributed by atoms with Crippen molar-refractivity contribution in [3.63, 3.8) is 0 Å². The van der Waals surface area contributed by atoms with Crippen LogP contribution < -0.4 is 15.4 Å². The molecule has 0 bridgehead atoms. The van der Waals surface area contributed by atoms with Crippen LogP contribution in [0.4, 0.5) is 15.9 Å². The highest BCUT2D eigenvalue weighted by molar-refractivity contribution is 5.55. The minimum atomic E-state index is -0.818. The summed E-state index contributed by atoms with van der Waals surface area (Å²) in [6.07, 6.45) is 7.87. The molecule has 11 nitrogen and oxygen atoms in total. The van der Waals surface area contributed by atoms with Crippen molar-refractivity contribution < 1.29 is 18.3 Å². The summed E-state index contributed by atoms with van der Waals surface area (Å²) in [4.78, 5) is 19.2. The number of anilines is 2. The van der Waals surface area contributed by atoms with E-state index >= 15 is 0 Å². The van der Waals surface area contributed by atoms with Gasteiger partial charge in [-0.1, -0.05) is 6.07 Å². The number of hydrogen-bond acceptors (Lipinski definition) is 10. The zero-order chi connectivity index (χ0) is 31.8. The molecule has 1 spiro atoms. The van der Waals surface area contributed by atoms with Gasteiger partial charge >= 0.3 is 6.01 Å². The van der Waals surface area contributed by atoms with Gasteiger partial charge in [-0.15, -0.1) is 0 Å². The van der Waals surface area contributed by atoms with E-state index in [0.717, 1.165) is 98.1 Å². The predicted octanol–water partition coefficient (Wildman–Crippen LogP) is 4.89. The third-order valence-electron chi connectivity index (χ3n) is 11.0. The number of nitrogen functional groups attached to an aromatic ring is 1. The zero-order valence-electron chi connectivity index (χ0n) is 26.9. The Balaban J connectivity index is 1.08. The van der Waals surface area contributed by atoms with Crippen LogP contribution in [0.15, 0.2) is 34.9 Å². The lowest BCUT2D eigenvalue weighted by Gasteiger charge is -2.43. The molecule has 4 aromatic rings. The number of aryl methyl sites for hydroxylation is 3. The maximum absolute atomic E-state index is 14.6. The SMILES string of the molecule is Cc1cnc(-c2cc3n(n2)CCCN(c2nc(OCC45CCCN4C[C@H](F)C5)nc4c2CO[C@@]2(CCCc5ccc(N)cc52)C4)C3)o1. The van der Waals surface area contributed by atoms with Crippen LogP contribution in [-0.2, 0) is 42.9 Å². The van der Waals surface area contributed by atoms with E-state index in [1.807, 2.05) is 13.0 Å². The Morgan fingerprint density at radius 2 is 2.04 bits per heavy atom.